The third kappa shape index (κ3) is 4.13. The van der Waals surface area contributed by atoms with Crippen molar-refractivity contribution < 1.29 is 14.7 Å². The number of carbonyl (C=O) groups is 1. The number of hydrogen-bond acceptors (Lipinski definition) is 8. The quantitative estimate of drug-likeness (QED) is 0.300. The lowest BCUT2D eigenvalue weighted by atomic mass is 10.0. The highest BCUT2D eigenvalue weighted by atomic mass is 16.7. The first-order valence-electron chi connectivity index (χ1n) is 12.4. The lowest BCUT2D eigenvalue weighted by Crippen LogP contribution is -2.28. The molecule has 0 amide bonds. The van der Waals surface area contributed by atoms with Crippen LogP contribution in [-0.4, -0.2) is 42.7 Å². The summed E-state index contributed by atoms with van der Waals surface area (Å²) in [6, 6.07) is 10.8. The summed E-state index contributed by atoms with van der Waals surface area (Å²) in [7, 11) is 0. The van der Waals surface area contributed by atoms with Crippen LogP contribution in [0.5, 0.6) is 0 Å². The molecule has 2 aromatic carbocycles. The Morgan fingerprint density at radius 3 is 2.89 bits per heavy atom. The maximum Gasteiger partial charge on any atom is 0.365 e. The minimum absolute atomic E-state index is 0.0476. The van der Waals surface area contributed by atoms with Crippen molar-refractivity contribution in [3.8, 4) is 12.3 Å². The number of aryl methyl sites for hydroxylation is 2. The molecule has 10 nitrogen and oxygen atoms in total. The van der Waals surface area contributed by atoms with Crippen molar-refractivity contribution >= 4 is 28.6 Å². The summed E-state index contributed by atoms with van der Waals surface area (Å²) in [6.07, 6.45) is 12.8. The van der Waals surface area contributed by atoms with Crippen LogP contribution in [-0.2, 0) is 19.4 Å². The normalized spacial score (nSPS) is 15.6. The van der Waals surface area contributed by atoms with Gasteiger partial charge in [0.25, 0.3) is 5.56 Å². The van der Waals surface area contributed by atoms with Gasteiger partial charge in [-0.2, -0.15) is 0 Å². The second-order valence-electron chi connectivity index (χ2n) is 9.29. The third-order valence-corrected chi connectivity index (χ3v) is 7.03. The Labute approximate surface area is 217 Å². The second kappa shape index (κ2) is 9.61. The van der Waals surface area contributed by atoms with E-state index >= 15 is 0 Å². The van der Waals surface area contributed by atoms with E-state index in [9.17, 15) is 14.7 Å². The first-order chi connectivity index (χ1) is 18.6. The molecule has 0 saturated heterocycles. The van der Waals surface area contributed by atoms with Crippen LogP contribution in [0.25, 0.3) is 17.0 Å². The number of nitrogens with zero attached hydrogens (tertiary/aromatic N) is 5. The number of benzene rings is 2. The van der Waals surface area contributed by atoms with Gasteiger partial charge < -0.3 is 19.8 Å². The van der Waals surface area contributed by atoms with Crippen LogP contribution in [0, 0.1) is 12.3 Å². The van der Waals surface area contributed by atoms with Crippen molar-refractivity contribution in [2.24, 2.45) is 0 Å². The molecule has 0 aliphatic heterocycles. The zero-order valence-electron chi connectivity index (χ0n) is 20.4. The average Bonchev–Trinajstić information content (AvgIpc) is 3.54. The number of aromatic nitrogens is 5. The molecule has 2 N–H and O–H groups in total. The molecule has 38 heavy (non-hydrogen) atoms. The van der Waals surface area contributed by atoms with Crippen molar-refractivity contribution in [2.75, 3.05) is 11.4 Å². The minimum Gasteiger partial charge on any atom is -0.388 e. The van der Waals surface area contributed by atoms with Crippen LogP contribution in [0.3, 0.4) is 0 Å². The van der Waals surface area contributed by atoms with Crippen molar-refractivity contribution in [3.05, 3.63) is 86.7 Å². The van der Waals surface area contributed by atoms with Gasteiger partial charge in [-0.1, -0.05) is 16.8 Å². The van der Waals surface area contributed by atoms with Crippen molar-refractivity contribution in [3.63, 3.8) is 0 Å². The smallest absolute Gasteiger partial charge is 0.365 e. The molecule has 0 radical (unpaired) electrons. The molecule has 2 aliphatic carbocycles. The van der Waals surface area contributed by atoms with Gasteiger partial charge in [0.2, 0.25) is 0 Å². The maximum absolute atomic E-state index is 12.8. The lowest BCUT2D eigenvalue weighted by Gasteiger charge is -2.30. The van der Waals surface area contributed by atoms with Crippen molar-refractivity contribution in [2.45, 2.75) is 38.3 Å². The minimum atomic E-state index is -0.543. The molecular formula is C28H24N6O4. The first kappa shape index (κ1) is 23.6. The molecular weight excluding hydrogens is 484 g/mol. The molecule has 0 bridgehead atoms. The van der Waals surface area contributed by atoms with Crippen LogP contribution < -0.4 is 15.3 Å². The van der Waals surface area contributed by atoms with Gasteiger partial charge in [-0.05, 0) is 84.5 Å². The molecule has 10 heteroatoms. The number of anilines is 1. The molecule has 6 rings (SSSR count). The number of H-pyrrole nitrogens is 1. The number of fused-ring (bicyclic) bond motifs is 3. The average molecular weight is 509 g/mol. The predicted octanol–water partition coefficient (Wildman–Crippen LogP) is 2.36. The molecule has 4 aromatic rings. The first-order valence-corrected chi connectivity index (χ1v) is 12.4. The fourth-order valence-corrected chi connectivity index (χ4v) is 5.19. The molecule has 0 fully saturated rings. The summed E-state index contributed by atoms with van der Waals surface area (Å²) in [5.74, 6) is 2.43. The standard InChI is InChI=1S/C28H24N6O4/c1-2-13-33(24-12-9-18-14-23-21(15-20(18)24)27(36)30-26(16-35)29-23)19-10-7-17(8-11-19)28(37)38-34-25-6-4-3-5-22(25)31-32-34/h1,4,6-8,10-11,14-15,24,35H,3,5,9,12-13,16H2,(H,29,30,36). The van der Waals surface area contributed by atoms with Crippen LogP contribution in [0.4, 0.5) is 5.69 Å². The summed E-state index contributed by atoms with van der Waals surface area (Å²) < 4.78 is 0. The SMILES string of the molecule is C#CCN(c1ccc(C(=O)On2nnc3c2C=CCC3)cc1)C1CCc2cc3nc(CO)[nH]c(=O)c3cc21. The molecule has 0 spiro atoms. The largest absolute Gasteiger partial charge is 0.388 e. The second-order valence-corrected chi connectivity index (χ2v) is 9.29. The fourth-order valence-electron chi connectivity index (χ4n) is 5.19. The summed E-state index contributed by atoms with van der Waals surface area (Å²) >= 11 is 0. The van der Waals surface area contributed by atoms with Gasteiger partial charge in [-0.3, -0.25) is 4.79 Å². The van der Waals surface area contributed by atoms with Gasteiger partial charge in [-0.15, -0.1) is 11.5 Å². The number of aliphatic hydroxyl groups is 1. The maximum atomic E-state index is 12.8. The number of nitrogens with one attached hydrogen (secondary N) is 1. The van der Waals surface area contributed by atoms with E-state index in [0.717, 1.165) is 53.0 Å². The zero-order chi connectivity index (χ0) is 26.2. The fraction of sp³-hybridized carbons (Fsp3) is 0.250. The molecule has 190 valence electrons. The molecule has 0 saturated carbocycles. The molecule has 2 heterocycles. The number of allylic oxidation sites excluding steroid dienone is 1. The Morgan fingerprint density at radius 2 is 2.11 bits per heavy atom. The Morgan fingerprint density at radius 1 is 1.26 bits per heavy atom. The third-order valence-electron chi connectivity index (χ3n) is 7.03. The molecule has 2 aromatic heterocycles. The highest BCUT2D eigenvalue weighted by Crippen LogP contribution is 2.39. The molecule has 1 unspecified atom stereocenters. The van der Waals surface area contributed by atoms with E-state index in [2.05, 4.69) is 31.1 Å². The Balaban J connectivity index is 1.27. The van der Waals surface area contributed by atoms with Crippen LogP contribution in [0.1, 0.15) is 57.6 Å². The summed E-state index contributed by atoms with van der Waals surface area (Å²) in [5, 5.41) is 17.9. The van der Waals surface area contributed by atoms with Gasteiger partial charge in [0.1, 0.15) is 18.1 Å². The van der Waals surface area contributed by atoms with Crippen molar-refractivity contribution in [1.29, 1.82) is 0 Å². The highest BCUT2D eigenvalue weighted by Gasteiger charge is 2.29. The number of hydrogen-bond donors (Lipinski definition) is 2. The summed E-state index contributed by atoms with van der Waals surface area (Å²) in [4.78, 5) is 41.1. The number of aromatic amines is 1. The van der Waals surface area contributed by atoms with Gasteiger partial charge in [0, 0.05) is 5.69 Å². The van der Waals surface area contributed by atoms with E-state index in [1.807, 2.05) is 36.4 Å². The topological polar surface area (TPSA) is 126 Å². The lowest BCUT2D eigenvalue weighted by molar-refractivity contribution is 0.0379. The van der Waals surface area contributed by atoms with E-state index < -0.39 is 5.97 Å². The predicted molar refractivity (Wildman–Crippen MR) is 140 cm³/mol. The zero-order valence-corrected chi connectivity index (χ0v) is 20.4. The van der Waals surface area contributed by atoms with Crippen LogP contribution in [0.15, 0.2) is 47.3 Å². The highest BCUT2D eigenvalue weighted by molar-refractivity contribution is 5.90. The summed E-state index contributed by atoms with van der Waals surface area (Å²) in [5.41, 5.74) is 5.08. The van der Waals surface area contributed by atoms with Crippen molar-refractivity contribution in [1.82, 2.24) is 25.1 Å². The van der Waals surface area contributed by atoms with E-state index in [0.29, 0.717) is 28.7 Å². The monoisotopic (exact) mass is 508 g/mol. The van der Waals surface area contributed by atoms with E-state index in [4.69, 9.17) is 11.3 Å². The molecule has 2 aliphatic rings. The van der Waals surface area contributed by atoms with Crippen LogP contribution >= 0.6 is 0 Å². The Kier molecular flexibility index (Phi) is 5.98. The number of rotatable bonds is 6. The Hall–Kier alpha value is -4.75. The van der Waals surface area contributed by atoms with Gasteiger partial charge in [0.15, 0.2) is 0 Å². The number of terminal acetylenes is 1. The Bertz CT molecular complexity index is 1680. The van der Waals surface area contributed by atoms with Gasteiger partial charge in [0.05, 0.1) is 34.7 Å². The van der Waals surface area contributed by atoms with Gasteiger partial charge >= 0.3 is 5.97 Å². The number of aliphatic hydroxyl groups excluding tert-OH is 1. The van der Waals surface area contributed by atoms with E-state index in [1.54, 1.807) is 12.1 Å². The van der Waals surface area contributed by atoms with Crippen LogP contribution in [0.2, 0.25) is 0 Å². The van der Waals surface area contributed by atoms with E-state index in [-0.39, 0.29) is 24.0 Å². The molecule has 1 atom stereocenters. The van der Waals surface area contributed by atoms with Gasteiger partial charge in [-0.25, -0.2) is 9.78 Å². The van der Waals surface area contributed by atoms with E-state index in [1.165, 1.54) is 0 Å². The summed E-state index contributed by atoms with van der Waals surface area (Å²) in [6.45, 7) is 0.0177. The number of carbonyl (C=O) groups excluding carboxylic acids is 1.